The van der Waals surface area contributed by atoms with Crippen molar-refractivity contribution in [1.82, 2.24) is 9.34 Å². The van der Waals surface area contributed by atoms with E-state index >= 15 is 4.89 Å². The summed E-state index contributed by atoms with van der Waals surface area (Å²) < 4.78 is 5.38. The summed E-state index contributed by atoms with van der Waals surface area (Å²) >= 11 is 0. The van der Waals surface area contributed by atoms with Crippen LogP contribution in [-0.4, -0.2) is 56.6 Å². The van der Waals surface area contributed by atoms with Crippen molar-refractivity contribution in [3.63, 3.8) is 0 Å². The molecule has 8 aromatic carbocycles. The molecule has 0 radical (unpaired) electrons. The third kappa shape index (κ3) is 10.8. The molecule has 8 aromatic rings. The largest absolute Gasteiger partial charge is 0.270 e. The second-order valence-electron chi connectivity index (χ2n) is 18.9. The lowest BCUT2D eigenvalue weighted by atomic mass is 9.81. The first-order chi connectivity index (χ1) is 33.5. The van der Waals surface area contributed by atoms with Gasteiger partial charge in [-0.05, 0) is 102 Å². The Morgan fingerprint density at radius 3 is 1.01 bits per heavy atom. The molecule has 0 bridgehead atoms. The Morgan fingerprint density at radius 2 is 0.710 bits per heavy atom. The molecule has 352 valence electrons. The number of nitrogens with zero attached hydrogens (tertiary/aromatic N) is 2. The van der Waals surface area contributed by atoms with Crippen LogP contribution in [0, 0.1) is 11.8 Å². The third-order valence-corrected chi connectivity index (χ3v) is 25.7. The molecule has 0 heterocycles. The molecule has 0 aliphatic heterocycles. The van der Waals surface area contributed by atoms with Crippen molar-refractivity contribution in [2.45, 2.75) is 51.4 Å². The Labute approximate surface area is 416 Å². The van der Waals surface area contributed by atoms with E-state index in [4.69, 9.17) is 0 Å². The maximum absolute atomic E-state index is 15.4. The molecule has 8 rings (SSSR count). The minimum absolute atomic E-state index is 0.0378. The van der Waals surface area contributed by atoms with E-state index in [1.54, 1.807) is 0 Å². The van der Waals surface area contributed by atoms with E-state index in [9.17, 15) is 4.89 Å². The first-order valence-electron chi connectivity index (χ1n) is 24.2. The van der Waals surface area contributed by atoms with Crippen molar-refractivity contribution in [3.05, 3.63) is 243 Å². The van der Waals surface area contributed by atoms with Gasteiger partial charge in [0.1, 0.15) is 38.6 Å². The summed E-state index contributed by atoms with van der Waals surface area (Å²) in [6.07, 6.45) is 1.10. The summed E-state index contributed by atoms with van der Waals surface area (Å²) in [6.45, 7) is 9.41. The lowest BCUT2D eigenvalue weighted by Gasteiger charge is -2.56. The molecule has 0 spiro atoms. The average Bonchev–Trinajstić information content (AvgIpc) is 3.39. The SMILES string of the molecule is CC(C)C[C@](C[P+](O)(c1ccccc1)c1ccccc1)(C([C@H](C(C)C)N(C)P(c1ccccc1)c1ccccc1)[P+](O)(c1ccccc1)c1ccccc1)N(C)P(c1ccccc1)c1ccccc1. The van der Waals surface area contributed by atoms with Crippen molar-refractivity contribution in [3.8, 4) is 0 Å². The Kier molecular flexibility index (Phi) is 16.9. The number of benzene rings is 8. The number of rotatable bonds is 20. The van der Waals surface area contributed by atoms with Gasteiger partial charge in [0.05, 0.1) is 6.04 Å². The molecule has 8 heteroatoms. The first-order valence-corrected chi connectivity index (χ1v) is 30.5. The van der Waals surface area contributed by atoms with Crippen LogP contribution in [-0.2, 0) is 0 Å². The Balaban J connectivity index is 1.57. The van der Waals surface area contributed by atoms with Crippen molar-refractivity contribution >= 4 is 73.6 Å². The third-order valence-electron chi connectivity index (χ3n) is 13.6. The normalized spacial score (nSPS) is 14.1. The molecular weight excluding hydrogens is 917 g/mol. The van der Waals surface area contributed by atoms with E-state index in [2.05, 4.69) is 282 Å². The fraction of sp³-hybridized carbons (Fsp3) is 0.213. The molecule has 0 aliphatic rings. The number of hydrogen-bond donors (Lipinski definition) is 2. The van der Waals surface area contributed by atoms with Gasteiger partial charge < -0.3 is 0 Å². The van der Waals surface area contributed by atoms with Crippen molar-refractivity contribution in [1.29, 1.82) is 0 Å². The summed E-state index contributed by atoms with van der Waals surface area (Å²) in [5, 5.41) is 8.71. The molecule has 3 atom stereocenters. The van der Waals surface area contributed by atoms with Gasteiger partial charge >= 0.3 is 0 Å². The Morgan fingerprint density at radius 1 is 0.420 bits per heavy atom. The predicted molar refractivity (Wildman–Crippen MR) is 306 cm³/mol. The molecule has 0 aromatic heterocycles. The fourth-order valence-corrected chi connectivity index (χ4v) is 24.0. The van der Waals surface area contributed by atoms with E-state index in [1.165, 1.54) is 21.2 Å². The highest BCUT2D eigenvalue weighted by Gasteiger charge is 2.69. The van der Waals surface area contributed by atoms with Gasteiger partial charge in [0.15, 0.2) is 0 Å². The highest BCUT2D eigenvalue weighted by molar-refractivity contribution is 7.86. The highest BCUT2D eigenvalue weighted by atomic mass is 31.2. The quantitative estimate of drug-likeness (QED) is 0.0747. The molecule has 1 unspecified atom stereocenters. The topological polar surface area (TPSA) is 46.9 Å². The fourth-order valence-electron chi connectivity index (χ4n) is 10.8. The Hall–Kier alpha value is -4.68. The van der Waals surface area contributed by atoms with Crippen LogP contribution >= 0.6 is 31.1 Å². The van der Waals surface area contributed by atoms with Crippen LogP contribution < -0.4 is 42.4 Å². The molecule has 69 heavy (non-hydrogen) atoms. The van der Waals surface area contributed by atoms with Crippen molar-refractivity contribution < 1.29 is 9.79 Å². The summed E-state index contributed by atoms with van der Waals surface area (Å²) in [6, 6.07) is 85.9. The molecule has 0 aliphatic carbocycles. The highest BCUT2D eigenvalue weighted by Crippen LogP contribution is 2.70. The number of hydrogen-bond acceptors (Lipinski definition) is 4. The van der Waals surface area contributed by atoms with Gasteiger partial charge in [0.2, 0.25) is 15.0 Å². The van der Waals surface area contributed by atoms with Crippen LogP contribution in [0.25, 0.3) is 0 Å². The van der Waals surface area contributed by atoms with Gasteiger partial charge in [-0.1, -0.05) is 222 Å². The predicted octanol–water partition coefficient (Wildman–Crippen LogP) is 11.3. The second-order valence-corrected chi connectivity index (χ2v) is 29.3. The smallest absolute Gasteiger partial charge is 0.213 e. The van der Waals surface area contributed by atoms with Gasteiger partial charge in [-0.25, -0.2) is 9.79 Å². The van der Waals surface area contributed by atoms with Crippen LogP contribution in [0.4, 0.5) is 0 Å². The standard InChI is InChI=1S/C61H68N2O2P4/c1-49(2)47-61(48-68(64,55-39-23-11-24-40-55)56-41-25-12-26-42-56,63(6)67(53-35-19-9-20-36-53)54-37-21-10-22-38-54)60(69(65,57-43-27-13-28-44-57)58-45-29-14-30-46-58)59(50(3)4)62(5)66(51-31-15-7-16-32-51)52-33-17-8-18-34-52/h7-46,49-50,59-60,64-65H,47-48H2,1-6H3/q+2/t59-,60?,61-/m0/s1. The van der Waals surface area contributed by atoms with Crippen LogP contribution in [0.15, 0.2) is 243 Å². The van der Waals surface area contributed by atoms with Crippen molar-refractivity contribution in [2.75, 3.05) is 20.3 Å². The second kappa shape index (κ2) is 23.0. The summed E-state index contributed by atoms with van der Waals surface area (Å²) in [5.41, 5.74) is -1.37. The zero-order valence-corrected chi connectivity index (χ0v) is 44.5. The van der Waals surface area contributed by atoms with Gasteiger partial charge in [-0.2, -0.15) is 0 Å². The summed E-state index contributed by atoms with van der Waals surface area (Å²) in [7, 11) is -4.60. The lowest BCUT2D eigenvalue weighted by molar-refractivity contribution is 0.142. The van der Waals surface area contributed by atoms with E-state index < -0.39 is 42.3 Å². The molecule has 4 nitrogen and oxygen atoms in total. The molecule has 0 saturated heterocycles. The minimum Gasteiger partial charge on any atom is -0.270 e. The van der Waals surface area contributed by atoms with E-state index in [0.717, 1.165) is 21.2 Å². The molecule has 0 fully saturated rings. The van der Waals surface area contributed by atoms with Gasteiger partial charge in [0.25, 0.3) is 0 Å². The zero-order chi connectivity index (χ0) is 48.4. The first kappa shape index (κ1) is 50.7. The monoisotopic (exact) mass is 984 g/mol. The van der Waals surface area contributed by atoms with Gasteiger partial charge in [-0.3, -0.25) is 9.34 Å². The van der Waals surface area contributed by atoms with Crippen LogP contribution in [0.3, 0.4) is 0 Å². The van der Waals surface area contributed by atoms with Gasteiger partial charge in [-0.15, -0.1) is 0 Å². The minimum atomic E-state index is -3.55. The van der Waals surface area contributed by atoms with E-state index in [-0.39, 0.29) is 17.9 Å². The lowest BCUT2D eigenvalue weighted by Crippen LogP contribution is -2.67. The summed E-state index contributed by atoms with van der Waals surface area (Å²) in [5.74, 6) is 0.192. The molecule has 2 N–H and O–H groups in total. The zero-order valence-electron chi connectivity index (χ0n) is 40.9. The maximum Gasteiger partial charge on any atom is 0.213 e. The average molecular weight is 985 g/mol. The van der Waals surface area contributed by atoms with Crippen LogP contribution in [0.1, 0.15) is 34.1 Å². The van der Waals surface area contributed by atoms with E-state index in [0.29, 0.717) is 12.6 Å². The molecule has 0 saturated carbocycles. The van der Waals surface area contributed by atoms with Crippen LogP contribution in [0.2, 0.25) is 0 Å². The summed E-state index contributed by atoms with van der Waals surface area (Å²) in [4.78, 5) is 29.9. The molecular formula is C61H68N2O2P4+2. The van der Waals surface area contributed by atoms with E-state index in [1.807, 2.05) is 12.1 Å². The maximum atomic E-state index is 15.4. The molecule has 0 amide bonds. The van der Waals surface area contributed by atoms with Crippen molar-refractivity contribution in [2.24, 2.45) is 11.8 Å². The van der Waals surface area contributed by atoms with Gasteiger partial charge in [0, 0.05) is 16.1 Å². The van der Waals surface area contributed by atoms with Crippen LogP contribution in [0.5, 0.6) is 0 Å². The Bertz CT molecular complexity index is 2600.